The minimum Gasteiger partial charge on any atom is -0.344 e. The maximum absolute atomic E-state index is 6.00. The molecule has 0 aromatic heterocycles. The molecule has 6 heteroatoms. The van der Waals surface area contributed by atoms with Crippen molar-refractivity contribution in [3.63, 3.8) is 0 Å². The molecule has 18 heavy (non-hydrogen) atoms. The van der Waals surface area contributed by atoms with Crippen LogP contribution in [0.3, 0.4) is 0 Å². The van der Waals surface area contributed by atoms with Crippen LogP contribution in [0.2, 0.25) is 0 Å². The first-order chi connectivity index (χ1) is 8.27. The highest BCUT2D eigenvalue weighted by molar-refractivity contribution is 14.1. The van der Waals surface area contributed by atoms with Crippen LogP contribution in [0, 0.1) is 0 Å². The number of alkyl halides is 1. The van der Waals surface area contributed by atoms with E-state index in [0.29, 0.717) is 11.0 Å². The van der Waals surface area contributed by atoms with Crippen LogP contribution in [0.25, 0.3) is 0 Å². The number of fused-ring (bicyclic) bond motifs is 3. The van der Waals surface area contributed by atoms with Crippen LogP contribution in [-0.2, 0) is 23.7 Å². The number of ether oxygens (including phenoxy) is 5. The Morgan fingerprint density at radius 1 is 1.06 bits per heavy atom. The fourth-order valence-corrected chi connectivity index (χ4v) is 3.75. The largest absolute Gasteiger partial charge is 0.344 e. The Labute approximate surface area is 121 Å². The third-order valence-corrected chi connectivity index (χ3v) is 4.52. The molecule has 3 unspecified atom stereocenters. The standard InChI is InChI=1S/C12H19IO5/c1-10(2)15-7-5-14-12(6-13)9(8(7)16-10)17-11(3,4)18-12/h7-9H,5-6H2,1-4H3/t7?,8?,9?,12-/m0/s1. The molecule has 3 rings (SSSR count). The number of halogens is 1. The van der Waals surface area contributed by atoms with Gasteiger partial charge in [-0.2, -0.15) is 0 Å². The van der Waals surface area contributed by atoms with Crippen molar-refractivity contribution in [1.29, 1.82) is 0 Å². The van der Waals surface area contributed by atoms with Gasteiger partial charge in [-0.25, -0.2) is 0 Å². The Hall–Kier alpha value is 0.530. The van der Waals surface area contributed by atoms with Crippen molar-refractivity contribution >= 4 is 22.6 Å². The van der Waals surface area contributed by atoms with Gasteiger partial charge < -0.3 is 23.7 Å². The van der Waals surface area contributed by atoms with Gasteiger partial charge >= 0.3 is 0 Å². The summed E-state index contributed by atoms with van der Waals surface area (Å²) in [6, 6.07) is 0. The van der Waals surface area contributed by atoms with E-state index in [4.69, 9.17) is 23.7 Å². The van der Waals surface area contributed by atoms with E-state index in [9.17, 15) is 0 Å². The lowest BCUT2D eigenvalue weighted by atomic mass is 9.98. The summed E-state index contributed by atoms with van der Waals surface area (Å²) in [5.74, 6) is -1.95. The van der Waals surface area contributed by atoms with Gasteiger partial charge in [-0.05, 0) is 27.7 Å². The smallest absolute Gasteiger partial charge is 0.209 e. The Morgan fingerprint density at radius 3 is 2.44 bits per heavy atom. The zero-order valence-electron chi connectivity index (χ0n) is 11.1. The van der Waals surface area contributed by atoms with Gasteiger partial charge in [0.2, 0.25) is 5.79 Å². The molecule has 0 aliphatic carbocycles. The Kier molecular flexibility index (Phi) is 3.02. The minimum atomic E-state index is -0.713. The van der Waals surface area contributed by atoms with Gasteiger partial charge in [-0.1, -0.05) is 22.6 Å². The maximum Gasteiger partial charge on any atom is 0.209 e. The third-order valence-electron chi connectivity index (χ3n) is 3.46. The van der Waals surface area contributed by atoms with Gasteiger partial charge in [0.25, 0.3) is 0 Å². The van der Waals surface area contributed by atoms with E-state index in [1.165, 1.54) is 0 Å². The average molecular weight is 370 g/mol. The number of rotatable bonds is 1. The Morgan fingerprint density at radius 2 is 1.78 bits per heavy atom. The summed E-state index contributed by atoms with van der Waals surface area (Å²) in [5.41, 5.74) is 0. The molecule has 0 saturated carbocycles. The molecule has 3 aliphatic rings. The second kappa shape index (κ2) is 4.02. The van der Waals surface area contributed by atoms with Crippen molar-refractivity contribution in [1.82, 2.24) is 0 Å². The van der Waals surface area contributed by atoms with Crippen molar-refractivity contribution in [3.8, 4) is 0 Å². The first-order valence-electron chi connectivity index (χ1n) is 6.20. The van der Waals surface area contributed by atoms with Crippen LogP contribution in [0.15, 0.2) is 0 Å². The zero-order valence-corrected chi connectivity index (χ0v) is 13.2. The Bertz CT molecular complexity index is 358. The second-order valence-electron chi connectivity index (χ2n) is 5.94. The van der Waals surface area contributed by atoms with Crippen molar-refractivity contribution in [2.24, 2.45) is 0 Å². The Balaban J connectivity index is 1.90. The molecule has 0 aromatic rings. The molecular weight excluding hydrogens is 351 g/mol. The van der Waals surface area contributed by atoms with Crippen LogP contribution >= 0.6 is 22.6 Å². The van der Waals surface area contributed by atoms with Gasteiger partial charge in [-0.3, -0.25) is 0 Å². The molecule has 0 spiro atoms. The summed E-state index contributed by atoms with van der Waals surface area (Å²) >= 11 is 2.27. The van der Waals surface area contributed by atoms with E-state index >= 15 is 0 Å². The predicted molar refractivity (Wildman–Crippen MR) is 71.4 cm³/mol. The highest BCUT2D eigenvalue weighted by Crippen LogP contribution is 2.47. The summed E-state index contributed by atoms with van der Waals surface area (Å²) in [4.78, 5) is 0. The summed E-state index contributed by atoms with van der Waals surface area (Å²) in [6.45, 7) is 8.11. The fraction of sp³-hybridized carbons (Fsp3) is 1.00. The van der Waals surface area contributed by atoms with E-state index in [2.05, 4.69) is 22.6 Å². The van der Waals surface area contributed by atoms with Crippen LogP contribution in [0.4, 0.5) is 0 Å². The van der Waals surface area contributed by atoms with E-state index < -0.39 is 17.4 Å². The highest BCUT2D eigenvalue weighted by Gasteiger charge is 2.64. The molecule has 0 radical (unpaired) electrons. The topological polar surface area (TPSA) is 46.2 Å². The third kappa shape index (κ3) is 2.01. The van der Waals surface area contributed by atoms with Gasteiger partial charge in [0.05, 0.1) is 11.0 Å². The molecule has 4 atom stereocenters. The second-order valence-corrected chi connectivity index (χ2v) is 6.70. The van der Waals surface area contributed by atoms with Crippen LogP contribution in [0.1, 0.15) is 27.7 Å². The number of hydrogen-bond donors (Lipinski definition) is 0. The van der Waals surface area contributed by atoms with E-state index in [0.717, 1.165) is 0 Å². The molecular formula is C12H19IO5. The maximum atomic E-state index is 6.00. The number of hydrogen-bond acceptors (Lipinski definition) is 5. The molecule has 0 bridgehead atoms. The average Bonchev–Trinajstić information content (AvgIpc) is 2.70. The molecule has 0 N–H and O–H groups in total. The van der Waals surface area contributed by atoms with Crippen LogP contribution < -0.4 is 0 Å². The van der Waals surface area contributed by atoms with Crippen molar-refractivity contribution in [2.75, 3.05) is 11.0 Å². The monoisotopic (exact) mass is 370 g/mol. The van der Waals surface area contributed by atoms with Crippen LogP contribution in [0.5, 0.6) is 0 Å². The summed E-state index contributed by atoms with van der Waals surface area (Å²) in [7, 11) is 0. The lowest BCUT2D eigenvalue weighted by Crippen LogP contribution is -2.59. The lowest BCUT2D eigenvalue weighted by Gasteiger charge is -2.39. The molecule has 104 valence electrons. The minimum absolute atomic E-state index is 0.0847. The molecule has 3 aliphatic heterocycles. The highest BCUT2D eigenvalue weighted by atomic mass is 127. The molecule has 0 amide bonds. The SMILES string of the molecule is CC1(C)OC2CO[C@@]3(CI)OC(C)(C)OC3C2O1. The van der Waals surface area contributed by atoms with E-state index in [1.54, 1.807) is 0 Å². The van der Waals surface area contributed by atoms with E-state index in [-0.39, 0.29) is 18.3 Å². The molecule has 5 nitrogen and oxygen atoms in total. The first kappa shape index (κ1) is 13.5. The normalized spacial score (nSPS) is 48.8. The molecule has 0 aromatic carbocycles. The van der Waals surface area contributed by atoms with Crippen molar-refractivity contribution < 1.29 is 23.7 Å². The van der Waals surface area contributed by atoms with Gasteiger partial charge in [0, 0.05) is 0 Å². The van der Waals surface area contributed by atoms with Crippen molar-refractivity contribution in [2.45, 2.75) is 63.4 Å². The van der Waals surface area contributed by atoms with Crippen molar-refractivity contribution in [3.05, 3.63) is 0 Å². The summed E-state index contributed by atoms with van der Waals surface area (Å²) < 4.78 is 30.4. The molecule has 3 heterocycles. The first-order valence-corrected chi connectivity index (χ1v) is 7.73. The molecule has 3 fully saturated rings. The molecule has 3 saturated heterocycles. The van der Waals surface area contributed by atoms with Gasteiger partial charge in [0.1, 0.15) is 18.3 Å². The van der Waals surface area contributed by atoms with Gasteiger partial charge in [0.15, 0.2) is 11.6 Å². The zero-order chi connectivity index (χ0) is 13.2. The summed E-state index contributed by atoms with van der Waals surface area (Å²) in [5, 5.41) is 0. The fourth-order valence-electron chi connectivity index (χ4n) is 2.94. The lowest BCUT2D eigenvalue weighted by molar-refractivity contribution is -0.266. The van der Waals surface area contributed by atoms with E-state index in [1.807, 2.05) is 27.7 Å². The predicted octanol–water partition coefficient (Wildman–Crippen LogP) is 1.82. The summed E-state index contributed by atoms with van der Waals surface area (Å²) in [6.07, 6.45) is -0.464. The van der Waals surface area contributed by atoms with Crippen LogP contribution in [-0.4, -0.2) is 46.7 Å². The quantitative estimate of drug-likeness (QED) is 0.521. The van der Waals surface area contributed by atoms with Gasteiger partial charge in [-0.15, -0.1) is 0 Å².